The number of allylic oxidation sites excluding steroid dienone is 3. The number of benzene rings is 2. The molecule has 190 valence electrons. The van der Waals surface area contributed by atoms with Crippen LogP contribution in [0.25, 0.3) is 29.1 Å². The number of pyridine rings is 2. The Hall–Kier alpha value is -5.17. The second-order valence-corrected chi connectivity index (χ2v) is 8.16. The fourth-order valence-corrected chi connectivity index (χ4v) is 3.48. The second-order valence-electron chi connectivity index (χ2n) is 8.16. The van der Waals surface area contributed by atoms with Crippen molar-refractivity contribution in [2.24, 2.45) is 0 Å². The zero-order valence-electron chi connectivity index (χ0n) is 21.0. The molecular formula is C31H26N2O5. The number of hydrogen-bond acceptors (Lipinski definition) is 7. The molecule has 4 aromatic rings. The number of hydrogen-bond donors (Lipinski definition) is 1. The average molecular weight is 507 g/mol. The van der Waals surface area contributed by atoms with Gasteiger partial charge in [0.1, 0.15) is 11.5 Å². The normalized spacial score (nSPS) is 11.4. The number of rotatable bonds is 10. The van der Waals surface area contributed by atoms with Crippen LogP contribution in [0, 0.1) is 0 Å². The molecule has 0 aliphatic rings. The van der Waals surface area contributed by atoms with Gasteiger partial charge >= 0.3 is 0 Å². The second kappa shape index (κ2) is 12.2. The lowest BCUT2D eigenvalue weighted by atomic mass is 10.1. The maximum atomic E-state index is 12.3. The number of phenolic OH excluding ortho intramolecular Hbond substituents is 1. The van der Waals surface area contributed by atoms with Crippen LogP contribution in [0.4, 0.5) is 0 Å². The van der Waals surface area contributed by atoms with Gasteiger partial charge in [0.15, 0.2) is 17.3 Å². The smallest absolute Gasteiger partial charge is 0.212 e. The number of aromatic nitrogens is 2. The number of carbonyl (C=O) groups is 1. The first-order valence-corrected chi connectivity index (χ1v) is 11.7. The summed E-state index contributed by atoms with van der Waals surface area (Å²) in [5.41, 5.74) is 3.20. The molecule has 2 heterocycles. The van der Waals surface area contributed by atoms with Gasteiger partial charge in [-0.2, -0.15) is 0 Å². The van der Waals surface area contributed by atoms with Crippen LogP contribution in [-0.4, -0.2) is 35.1 Å². The first-order valence-electron chi connectivity index (χ1n) is 11.7. The molecule has 0 saturated heterocycles. The van der Waals surface area contributed by atoms with Gasteiger partial charge in [0.2, 0.25) is 5.88 Å². The monoisotopic (exact) mass is 506 g/mol. The number of carbonyl (C=O) groups excluding carboxylic acids is 1. The van der Waals surface area contributed by atoms with Gasteiger partial charge < -0.3 is 19.3 Å². The summed E-state index contributed by atoms with van der Waals surface area (Å²) >= 11 is 0. The quantitative estimate of drug-likeness (QED) is 0.154. The summed E-state index contributed by atoms with van der Waals surface area (Å²) in [7, 11) is 3.04. The van der Waals surface area contributed by atoms with E-state index in [1.165, 1.54) is 25.3 Å². The molecule has 1 N–H and O–H groups in total. The lowest BCUT2D eigenvalue weighted by Gasteiger charge is -2.07. The summed E-state index contributed by atoms with van der Waals surface area (Å²) < 4.78 is 16.0. The predicted octanol–water partition coefficient (Wildman–Crippen LogP) is 6.25. The highest BCUT2D eigenvalue weighted by atomic mass is 16.5. The molecule has 4 rings (SSSR count). The van der Waals surface area contributed by atoms with E-state index < -0.39 is 0 Å². The average Bonchev–Trinajstić information content (AvgIpc) is 2.94. The minimum absolute atomic E-state index is 0.0418. The van der Waals surface area contributed by atoms with Gasteiger partial charge in [-0.1, -0.05) is 18.7 Å². The van der Waals surface area contributed by atoms with E-state index in [0.29, 0.717) is 23.1 Å². The molecular weight excluding hydrogens is 480 g/mol. The van der Waals surface area contributed by atoms with E-state index in [2.05, 4.69) is 16.5 Å². The molecule has 7 nitrogen and oxygen atoms in total. The summed E-state index contributed by atoms with van der Waals surface area (Å²) in [6, 6.07) is 16.0. The van der Waals surface area contributed by atoms with Gasteiger partial charge in [-0.3, -0.25) is 9.78 Å². The first kappa shape index (κ1) is 25.9. The van der Waals surface area contributed by atoms with Gasteiger partial charge in [0.05, 0.1) is 19.7 Å². The van der Waals surface area contributed by atoms with E-state index in [4.69, 9.17) is 14.2 Å². The molecule has 0 radical (unpaired) electrons. The highest BCUT2D eigenvalue weighted by molar-refractivity contribution is 6.04. The fourth-order valence-electron chi connectivity index (χ4n) is 3.48. The van der Waals surface area contributed by atoms with Crippen molar-refractivity contribution >= 4 is 34.9 Å². The van der Waals surface area contributed by atoms with E-state index >= 15 is 0 Å². The standard InChI is InChI=1S/C31H26N2O5/c1-21(4-5-23-9-15-31(37-3)33-19-23)38-27-12-13-28-25(18-27)16-24(20-32-28)7-11-26(34)10-6-22-8-14-29(35)30(17-22)36-2/h4-20,35H,1H2,2-3H3. The number of ether oxygens (including phenoxy) is 3. The Morgan fingerprint density at radius 3 is 2.29 bits per heavy atom. The minimum atomic E-state index is -0.190. The molecule has 0 amide bonds. The van der Waals surface area contributed by atoms with Crippen molar-refractivity contribution in [2.75, 3.05) is 14.2 Å². The molecule has 0 spiro atoms. The molecule has 2 aromatic carbocycles. The largest absolute Gasteiger partial charge is 0.504 e. The number of fused-ring (bicyclic) bond motifs is 1. The first-order chi connectivity index (χ1) is 18.4. The van der Waals surface area contributed by atoms with E-state index in [9.17, 15) is 9.90 Å². The van der Waals surface area contributed by atoms with E-state index in [1.807, 2.05) is 36.4 Å². The molecule has 0 atom stereocenters. The lowest BCUT2D eigenvalue weighted by Crippen LogP contribution is -1.91. The Bertz CT molecular complexity index is 1550. The molecule has 0 fully saturated rings. The van der Waals surface area contributed by atoms with Crippen LogP contribution in [0.1, 0.15) is 16.7 Å². The van der Waals surface area contributed by atoms with Crippen molar-refractivity contribution in [3.8, 4) is 23.1 Å². The highest BCUT2D eigenvalue weighted by Crippen LogP contribution is 2.27. The Morgan fingerprint density at radius 1 is 0.816 bits per heavy atom. The zero-order chi connectivity index (χ0) is 26.9. The third-order valence-electron chi connectivity index (χ3n) is 5.44. The highest BCUT2D eigenvalue weighted by Gasteiger charge is 2.03. The van der Waals surface area contributed by atoms with E-state index in [0.717, 1.165) is 27.6 Å². The summed E-state index contributed by atoms with van der Waals surface area (Å²) in [4.78, 5) is 21.0. The van der Waals surface area contributed by atoms with Crippen molar-refractivity contribution in [3.05, 3.63) is 114 Å². The van der Waals surface area contributed by atoms with Gasteiger partial charge in [-0.15, -0.1) is 0 Å². The summed E-state index contributed by atoms with van der Waals surface area (Å²) in [5.74, 6) is 1.82. The Balaban J connectivity index is 1.40. The molecule has 38 heavy (non-hydrogen) atoms. The summed E-state index contributed by atoms with van der Waals surface area (Å²) in [6.45, 7) is 3.95. The van der Waals surface area contributed by atoms with E-state index in [-0.39, 0.29) is 11.5 Å². The summed E-state index contributed by atoms with van der Waals surface area (Å²) in [6.07, 6.45) is 13.3. The van der Waals surface area contributed by atoms with Crippen LogP contribution in [0.15, 0.2) is 97.6 Å². The number of nitrogens with zero attached hydrogens (tertiary/aromatic N) is 2. The van der Waals surface area contributed by atoms with Gasteiger partial charge in [-0.05, 0) is 89.5 Å². The molecule has 0 saturated carbocycles. The Morgan fingerprint density at radius 2 is 1.55 bits per heavy atom. The lowest BCUT2D eigenvalue weighted by molar-refractivity contribution is -0.110. The number of phenols is 1. The third kappa shape index (κ3) is 6.95. The van der Waals surface area contributed by atoms with Crippen LogP contribution in [0.5, 0.6) is 23.1 Å². The molecule has 7 heteroatoms. The molecule has 0 aliphatic carbocycles. The third-order valence-corrected chi connectivity index (χ3v) is 5.44. The van der Waals surface area contributed by atoms with Crippen LogP contribution < -0.4 is 14.2 Å². The van der Waals surface area contributed by atoms with Crippen LogP contribution in [-0.2, 0) is 4.79 Å². The van der Waals surface area contributed by atoms with Crippen LogP contribution in [0.2, 0.25) is 0 Å². The van der Waals surface area contributed by atoms with Gasteiger partial charge in [0.25, 0.3) is 0 Å². The topological polar surface area (TPSA) is 90.8 Å². The van der Waals surface area contributed by atoms with Crippen LogP contribution in [0.3, 0.4) is 0 Å². The van der Waals surface area contributed by atoms with Crippen molar-refractivity contribution in [2.45, 2.75) is 0 Å². The van der Waals surface area contributed by atoms with E-state index in [1.54, 1.807) is 55.9 Å². The van der Waals surface area contributed by atoms with Crippen molar-refractivity contribution in [3.63, 3.8) is 0 Å². The number of ketones is 1. The minimum Gasteiger partial charge on any atom is -0.504 e. The predicted molar refractivity (Wildman–Crippen MR) is 149 cm³/mol. The Kier molecular flexibility index (Phi) is 8.31. The van der Waals surface area contributed by atoms with Crippen LogP contribution >= 0.6 is 0 Å². The maximum Gasteiger partial charge on any atom is 0.212 e. The van der Waals surface area contributed by atoms with Crippen molar-refractivity contribution in [1.82, 2.24) is 9.97 Å². The SMILES string of the molecule is C=C(C=Cc1ccc(OC)nc1)Oc1ccc2ncc(C=CC(=O)C=Cc3ccc(O)c(OC)c3)cc2c1. The molecule has 2 aromatic heterocycles. The van der Waals surface area contributed by atoms with Gasteiger partial charge in [0, 0.05) is 23.8 Å². The van der Waals surface area contributed by atoms with Gasteiger partial charge in [-0.25, -0.2) is 4.98 Å². The number of aromatic hydroxyl groups is 1. The molecule has 0 bridgehead atoms. The number of methoxy groups -OCH3 is 2. The maximum absolute atomic E-state index is 12.3. The zero-order valence-corrected chi connectivity index (χ0v) is 21.0. The van der Waals surface area contributed by atoms with Crippen molar-refractivity contribution < 1.29 is 24.1 Å². The molecule has 0 unspecified atom stereocenters. The van der Waals surface area contributed by atoms with Crippen molar-refractivity contribution in [1.29, 1.82) is 0 Å². The Labute approximate surface area is 220 Å². The molecule has 0 aliphatic heterocycles. The fraction of sp³-hybridized carbons (Fsp3) is 0.0645. The summed E-state index contributed by atoms with van der Waals surface area (Å²) in [5, 5.41) is 10.5.